The van der Waals surface area contributed by atoms with Crippen molar-refractivity contribution in [1.29, 1.82) is 0 Å². The minimum atomic E-state index is -3.36. The molecule has 7 heteroatoms. The van der Waals surface area contributed by atoms with Crippen molar-refractivity contribution in [3.8, 4) is 0 Å². The van der Waals surface area contributed by atoms with Crippen LogP contribution in [0.15, 0.2) is 39.8 Å². The number of nitrogens with zero attached hydrogens (tertiary/aromatic N) is 2. The third kappa shape index (κ3) is 3.36. The van der Waals surface area contributed by atoms with Gasteiger partial charge in [0.1, 0.15) is 0 Å². The standard InChI is InChI=1S/C17H20N2O4S/c1-12-10-15(23-18-12)14-7-5-9-19(14)17(20)11-13-6-3-4-8-16(13)24(2,21)22/h3-4,6,8,10,14H,5,7,9,11H2,1-2H3. The van der Waals surface area contributed by atoms with Crippen LogP contribution in [-0.4, -0.2) is 37.2 Å². The SMILES string of the molecule is Cc1cc(C2CCCN2C(=O)Cc2ccccc2S(C)(=O)=O)on1. The van der Waals surface area contributed by atoms with Crippen LogP contribution >= 0.6 is 0 Å². The molecule has 3 rings (SSSR count). The van der Waals surface area contributed by atoms with Gasteiger partial charge in [-0.1, -0.05) is 23.4 Å². The number of carbonyl (C=O) groups is 1. The van der Waals surface area contributed by atoms with E-state index in [1.165, 1.54) is 0 Å². The lowest BCUT2D eigenvalue weighted by Crippen LogP contribution is -2.32. The van der Waals surface area contributed by atoms with E-state index in [2.05, 4.69) is 5.16 Å². The Labute approximate surface area is 141 Å². The molecule has 1 aliphatic heterocycles. The van der Waals surface area contributed by atoms with Crippen molar-refractivity contribution >= 4 is 15.7 Å². The Kier molecular flexibility index (Phi) is 4.45. The zero-order valence-corrected chi connectivity index (χ0v) is 14.5. The molecule has 1 atom stereocenters. The van der Waals surface area contributed by atoms with Crippen LogP contribution in [0, 0.1) is 6.92 Å². The van der Waals surface area contributed by atoms with E-state index in [-0.39, 0.29) is 23.3 Å². The Morgan fingerprint density at radius 2 is 2.12 bits per heavy atom. The van der Waals surface area contributed by atoms with Gasteiger partial charge in [0.05, 0.1) is 23.1 Å². The predicted molar refractivity (Wildman–Crippen MR) is 88.2 cm³/mol. The molecule has 0 aliphatic carbocycles. The molecule has 0 radical (unpaired) electrons. The number of likely N-dealkylation sites (tertiary alicyclic amines) is 1. The summed E-state index contributed by atoms with van der Waals surface area (Å²) in [4.78, 5) is 14.7. The second-order valence-corrected chi connectivity index (χ2v) is 8.16. The maximum atomic E-state index is 12.8. The van der Waals surface area contributed by atoms with Gasteiger partial charge in [-0.15, -0.1) is 0 Å². The first-order chi connectivity index (χ1) is 11.4. The summed E-state index contributed by atoms with van der Waals surface area (Å²) in [5, 5.41) is 3.89. The highest BCUT2D eigenvalue weighted by molar-refractivity contribution is 7.90. The smallest absolute Gasteiger partial charge is 0.227 e. The summed E-state index contributed by atoms with van der Waals surface area (Å²) in [6, 6.07) is 8.38. The zero-order chi connectivity index (χ0) is 17.3. The van der Waals surface area contributed by atoms with Gasteiger partial charge in [0, 0.05) is 18.9 Å². The second-order valence-electron chi connectivity index (χ2n) is 6.17. The molecule has 6 nitrogen and oxygen atoms in total. The summed E-state index contributed by atoms with van der Waals surface area (Å²) < 4.78 is 29.1. The second kappa shape index (κ2) is 6.39. The highest BCUT2D eigenvalue weighted by atomic mass is 32.2. The van der Waals surface area contributed by atoms with Crippen molar-refractivity contribution in [2.45, 2.75) is 37.1 Å². The van der Waals surface area contributed by atoms with Gasteiger partial charge in [0.2, 0.25) is 5.91 Å². The number of carbonyl (C=O) groups excluding carboxylic acids is 1. The van der Waals surface area contributed by atoms with Crippen molar-refractivity contribution in [3.63, 3.8) is 0 Å². The number of hydrogen-bond acceptors (Lipinski definition) is 5. The number of rotatable bonds is 4. The first kappa shape index (κ1) is 16.7. The molecule has 0 saturated carbocycles. The number of sulfone groups is 1. The predicted octanol–water partition coefficient (Wildman–Crippen LogP) is 2.29. The van der Waals surface area contributed by atoms with E-state index in [0.717, 1.165) is 24.8 Å². The van der Waals surface area contributed by atoms with Crippen LogP contribution < -0.4 is 0 Å². The van der Waals surface area contributed by atoms with Crippen LogP contribution in [0.5, 0.6) is 0 Å². The van der Waals surface area contributed by atoms with Crippen molar-refractivity contribution in [2.24, 2.45) is 0 Å². The minimum Gasteiger partial charge on any atom is -0.359 e. The van der Waals surface area contributed by atoms with Gasteiger partial charge in [-0.25, -0.2) is 8.42 Å². The Hall–Kier alpha value is -2.15. The normalized spacial score (nSPS) is 18.1. The summed E-state index contributed by atoms with van der Waals surface area (Å²) in [7, 11) is -3.36. The summed E-state index contributed by atoms with van der Waals surface area (Å²) in [5.41, 5.74) is 1.32. The Morgan fingerprint density at radius 3 is 2.79 bits per heavy atom. The number of hydrogen-bond donors (Lipinski definition) is 0. The van der Waals surface area contributed by atoms with Gasteiger partial charge in [0.15, 0.2) is 15.6 Å². The van der Waals surface area contributed by atoms with E-state index in [0.29, 0.717) is 17.9 Å². The van der Waals surface area contributed by atoms with E-state index >= 15 is 0 Å². The van der Waals surface area contributed by atoms with Crippen LogP contribution in [0.2, 0.25) is 0 Å². The number of aryl methyl sites for hydroxylation is 1. The van der Waals surface area contributed by atoms with Gasteiger partial charge >= 0.3 is 0 Å². The van der Waals surface area contributed by atoms with E-state index in [9.17, 15) is 13.2 Å². The largest absolute Gasteiger partial charge is 0.359 e. The molecule has 1 amide bonds. The molecule has 1 aromatic carbocycles. The minimum absolute atomic E-state index is 0.0624. The van der Waals surface area contributed by atoms with E-state index in [4.69, 9.17) is 4.52 Å². The Morgan fingerprint density at radius 1 is 1.38 bits per heavy atom. The Bertz CT molecular complexity index is 857. The molecule has 2 heterocycles. The van der Waals surface area contributed by atoms with E-state index in [1.807, 2.05) is 13.0 Å². The van der Waals surface area contributed by atoms with Gasteiger partial charge in [-0.3, -0.25) is 4.79 Å². The van der Waals surface area contributed by atoms with Crippen LogP contribution in [0.4, 0.5) is 0 Å². The lowest BCUT2D eigenvalue weighted by atomic mass is 10.1. The van der Waals surface area contributed by atoms with Gasteiger partial charge in [-0.2, -0.15) is 0 Å². The van der Waals surface area contributed by atoms with E-state index in [1.54, 1.807) is 29.2 Å². The molecule has 0 spiro atoms. The summed E-state index contributed by atoms with van der Waals surface area (Å²) in [6.07, 6.45) is 2.94. The lowest BCUT2D eigenvalue weighted by Gasteiger charge is -2.23. The molecule has 1 aliphatic rings. The fourth-order valence-electron chi connectivity index (χ4n) is 3.18. The summed E-state index contributed by atoms with van der Waals surface area (Å²) >= 11 is 0. The molecule has 2 aromatic rings. The highest BCUT2D eigenvalue weighted by Gasteiger charge is 2.33. The Balaban J connectivity index is 1.83. The maximum Gasteiger partial charge on any atom is 0.227 e. The molecular formula is C17H20N2O4S. The molecule has 0 N–H and O–H groups in total. The quantitative estimate of drug-likeness (QED) is 0.847. The lowest BCUT2D eigenvalue weighted by molar-refractivity contribution is -0.131. The third-order valence-electron chi connectivity index (χ3n) is 4.26. The van der Waals surface area contributed by atoms with Crippen molar-refractivity contribution in [3.05, 3.63) is 47.3 Å². The monoisotopic (exact) mass is 348 g/mol. The molecule has 1 saturated heterocycles. The van der Waals surface area contributed by atoms with Gasteiger partial charge < -0.3 is 9.42 Å². The summed E-state index contributed by atoms with van der Waals surface area (Å²) in [5.74, 6) is 0.595. The molecule has 1 unspecified atom stereocenters. The number of amides is 1. The van der Waals surface area contributed by atoms with Gasteiger partial charge in [0.25, 0.3) is 0 Å². The fourth-order valence-corrected chi connectivity index (χ4v) is 4.12. The number of aromatic nitrogens is 1. The zero-order valence-electron chi connectivity index (χ0n) is 13.7. The van der Waals surface area contributed by atoms with Crippen molar-refractivity contribution < 1.29 is 17.7 Å². The molecule has 0 bridgehead atoms. The van der Waals surface area contributed by atoms with Crippen molar-refractivity contribution in [1.82, 2.24) is 10.1 Å². The van der Waals surface area contributed by atoms with Crippen LogP contribution in [0.3, 0.4) is 0 Å². The molecule has 1 fully saturated rings. The molecule has 1 aromatic heterocycles. The van der Waals surface area contributed by atoms with Crippen LogP contribution in [0.1, 0.15) is 35.9 Å². The first-order valence-electron chi connectivity index (χ1n) is 7.87. The van der Waals surface area contributed by atoms with Crippen molar-refractivity contribution in [2.75, 3.05) is 12.8 Å². The maximum absolute atomic E-state index is 12.8. The molecule has 24 heavy (non-hydrogen) atoms. The van der Waals surface area contributed by atoms with Crippen LogP contribution in [-0.2, 0) is 21.1 Å². The van der Waals surface area contributed by atoms with Gasteiger partial charge in [-0.05, 0) is 31.4 Å². The first-order valence-corrected chi connectivity index (χ1v) is 9.76. The van der Waals surface area contributed by atoms with Crippen LogP contribution in [0.25, 0.3) is 0 Å². The molecule has 128 valence electrons. The fraction of sp³-hybridized carbons (Fsp3) is 0.412. The average molecular weight is 348 g/mol. The topological polar surface area (TPSA) is 80.5 Å². The number of benzene rings is 1. The summed E-state index contributed by atoms with van der Waals surface area (Å²) in [6.45, 7) is 2.49. The third-order valence-corrected chi connectivity index (χ3v) is 5.46. The highest BCUT2D eigenvalue weighted by Crippen LogP contribution is 2.33. The van der Waals surface area contributed by atoms with E-state index < -0.39 is 9.84 Å². The molecular weight excluding hydrogens is 328 g/mol. The average Bonchev–Trinajstić information content (AvgIpc) is 3.15.